The number of ether oxygens (including phenoxy) is 1. The molecule has 1 aliphatic rings. The third kappa shape index (κ3) is 4.23. The Morgan fingerprint density at radius 2 is 2.03 bits per heavy atom. The lowest BCUT2D eigenvalue weighted by Crippen LogP contribution is -2.30. The van der Waals surface area contributed by atoms with E-state index < -0.39 is 0 Å². The molecule has 2 aromatic heterocycles. The molecule has 8 nitrogen and oxygen atoms in total. The third-order valence-electron chi connectivity index (χ3n) is 6.35. The summed E-state index contributed by atoms with van der Waals surface area (Å²) >= 11 is 5.75. The van der Waals surface area contributed by atoms with E-state index in [2.05, 4.69) is 28.2 Å². The monoisotopic (exact) mass is 479 g/mol. The van der Waals surface area contributed by atoms with Crippen LogP contribution in [0.2, 0.25) is 0 Å². The van der Waals surface area contributed by atoms with E-state index in [4.69, 9.17) is 17.0 Å². The molecule has 1 fully saturated rings. The van der Waals surface area contributed by atoms with E-state index in [-0.39, 0.29) is 22.7 Å². The first-order chi connectivity index (χ1) is 16.4. The summed E-state index contributed by atoms with van der Waals surface area (Å²) in [5.41, 5.74) is 4.62. The number of unbranched alkanes of at least 4 members (excludes halogenated alkanes) is 1. The molecule has 2 unspecified atom stereocenters. The van der Waals surface area contributed by atoms with Gasteiger partial charge in [-0.1, -0.05) is 19.4 Å². The van der Waals surface area contributed by atoms with Gasteiger partial charge in [-0.05, 0) is 62.3 Å². The Balaban J connectivity index is 1.86. The molecule has 4 rings (SSSR count). The van der Waals surface area contributed by atoms with Crippen molar-refractivity contribution in [3.63, 3.8) is 0 Å². The fourth-order valence-corrected chi connectivity index (χ4v) is 5.07. The largest absolute Gasteiger partial charge is 0.495 e. The van der Waals surface area contributed by atoms with Gasteiger partial charge in [0, 0.05) is 36.3 Å². The van der Waals surface area contributed by atoms with Crippen LogP contribution in [0.4, 0.5) is 5.69 Å². The van der Waals surface area contributed by atoms with Gasteiger partial charge in [-0.15, -0.1) is 0 Å². The fourth-order valence-electron chi connectivity index (χ4n) is 4.74. The maximum Gasteiger partial charge on any atom is 0.271 e. The van der Waals surface area contributed by atoms with Crippen LogP contribution < -0.4 is 10.1 Å². The Kier molecular flexibility index (Phi) is 6.83. The molecule has 1 aliphatic heterocycles. The van der Waals surface area contributed by atoms with E-state index in [9.17, 15) is 10.1 Å². The molecule has 34 heavy (non-hydrogen) atoms. The number of hydrogen-bond donors (Lipinski definition) is 1. The van der Waals surface area contributed by atoms with Crippen molar-refractivity contribution >= 4 is 23.0 Å². The molecule has 1 N–H and O–H groups in total. The Bertz CT molecular complexity index is 1210. The zero-order valence-corrected chi connectivity index (χ0v) is 20.6. The highest BCUT2D eigenvalue weighted by molar-refractivity contribution is 7.80. The average Bonchev–Trinajstić information content (AvgIpc) is 3.32. The highest BCUT2D eigenvalue weighted by Crippen LogP contribution is 2.42. The predicted molar refractivity (Wildman–Crippen MR) is 136 cm³/mol. The molecule has 0 bridgehead atoms. The maximum atomic E-state index is 11.5. The first-order valence-corrected chi connectivity index (χ1v) is 11.8. The van der Waals surface area contributed by atoms with Crippen molar-refractivity contribution in [2.24, 2.45) is 0 Å². The van der Waals surface area contributed by atoms with Crippen LogP contribution in [0.15, 0.2) is 48.7 Å². The van der Waals surface area contributed by atoms with Crippen LogP contribution in [0.25, 0.3) is 5.69 Å². The summed E-state index contributed by atoms with van der Waals surface area (Å²) in [4.78, 5) is 17.9. The number of hydrogen-bond acceptors (Lipinski definition) is 5. The highest BCUT2D eigenvalue weighted by atomic mass is 32.1. The average molecular weight is 480 g/mol. The van der Waals surface area contributed by atoms with E-state index in [1.807, 2.05) is 36.6 Å². The first kappa shape index (κ1) is 23.7. The molecule has 0 aliphatic carbocycles. The normalized spacial score (nSPS) is 17.6. The van der Waals surface area contributed by atoms with Gasteiger partial charge in [0.1, 0.15) is 5.75 Å². The Labute approximate surface area is 204 Å². The molecule has 0 spiro atoms. The van der Waals surface area contributed by atoms with Gasteiger partial charge in [-0.3, -0.25) is 15.1 Å². The second kappa shape index (κ2) is 9.80. The van der Waals surface area contributed by atoms with Gasteiger partial charge in [0.25, 0.3) is 5.69 Å². The van der Waals surface area contributed by atoms with Crippen molar-refractivity contribution < 1.29 is 9.66 Å². The number of methoxy groups -OCH3 is 1. The molecule has 178 valence electrons. The lowest BCUT2D eigenvalue weighted by molar-refractivity contribution is -0.384. The van der Waals surface area contributed by atoms with Gasteiger partial charge in [-0.2, -0.15) is 0 Å². The van der Waals surface area contributed by atoms with Crippen LogP contribution in [0.1, 0.15) is 54.5 Å². The van der Waals surface area contributed by atoms with Crippen LogP contribution in [0, 0.1) is 24.0 Å². The molecular weight excluding hydrogens is 450 g/mol. The van der Waals surface area contributed by atoms with Crippen LogP contribution in [0.5, 0.6) is 5.75 Å². The molecule has 3 heterocycles. The molecule has 9 heteroatoms. The topological polar surface area (TPSA) is 85.5 Å². The number of pyridine rings is 1. The van der Waals surface area contributed by atoms with Crippen molar-refractivity contribution in [2.75, 3.05) is 13.7 Å². The second-order valence-corrected chi connectivity index (χ2v) is 8.84. The van der Waals surface area contributed by atoms with Crippen molar-refractivity contribution in [2.45, 2.75) is 45.7 Å². The molecule has 3 aromatic rings. The Hall–Kier alpha value is -3.46. The van der Waals surface area contributed by atoms with Gasteiger partial charge in [0.15, 0.2) is 5.11 Å². The van der Waals surface area contributed by atoms with Crippen molar-refractivity contribution in [1.29, 1.82) is 0 Å². The number of aryl methyl sites for hydroxylation is 1. The van der Waals surface area contributed by atoms with Crippen molar-refractivity contribution in [3.05, 3.63) is 81.4 Å². The number of thiocarbonyl (C=S) groups is 1. The summed E-state index contributed by atoms with van der Waals surface area (Å²) < 4.78 is 7.59. The minimum atomic E-state index is -0.388. The summed E-state index contributed by atoms with van der Waals surface area (Å²) in [7, 11) is 1.57. The number of benzene rings is 1. The van der Waals surface area contributed by atoms with Gasteiger partial charge in [0.2, 0.25) is 0 Å². The standard InChI is InChI=1S/C25H29N5O3S/c1-5-6-13-28-24(23(27-25(28)34)20-9-7-8-12-26-20)19-14-16(2)29(17(19)3)21-15-18(30(31)32)10-11-22(21)33-4/h7-12,14-15,23-24H,5-6,13H2,1-4H3,(H,27,34). The number of nitro groups is 1. The molecule has 0 radical (unpaired) electrons. The van der Waals surface area contributed by atoms with Crippen LogP contribution in [0.3, 0.4) is 0 Å². The number of nitrogens with one attached hydrogen (secondary N) is 1. The summed E-state index contributed by atoms with van der Waals surface area (Å²) in [5.74, 6) is 0.572. The lowest BCUT2D eigenvalue weighted by Gasteiger charge is -2.28. The zero-order valence-electron chi connectivity index (χ0n) is 19.8. The number of non-ortho nitro benzene ring substituents is 1. The summed E-state index contributed by atoms with van der Waals surface area (Å²) in [6.45, 7) is 7.04. The molecular formula is C25H29N5O3S. The van der Waals surface area contributed by atoms with Gasteiger partial charge >= 0.3 is 0 Å². The van der Waals surface area contributed by atoms with E-state index in [1.54, 1.807) is 25.4 Å². The zero-order chi connectivity index (χ0) is 24.4. The minimum Gasteiger partial charge on any atom is -0.495 e. The van der Waals surface area contributed by atoms with Gasteiger partial charge in [0.05, 0.1) is 35.5 Å². The van der Waals surface area contributed by atoms with E-state index in [0.717, 1.165) is 42.0 Å². The van der Waals surface area contributed by atoms with Gasteiger partial charge in [-0.25, -0.2) is 0 Å². The Morgan fingerprint density at radius 1 is 1.24 bits per heavy atom. The number of aromatic nitrogens is 2. The van der Waals surface area contributed by atoms with Crippen molar-refractivity contribution in [1.82, 2.24) is 19.8 Å². The van der Waals surface area contributed by atoms with Crippen LogP contribution >= 0.6 is 12.2 Å². The van der Waals surface area contributed by atoms with Crippen molar-refractivity contribution in [3.8, 4) is 11.4 Å². The molecule has 1 saturated heterocycles. The summed E-state index contributed by atoms with van der Waals surface area (Å²) in [6.07, 6.45) is 3.87. The van der Waals surface area contributed by atoms with E-state index in [1.165, 1.54) is 6.07 Å². The SMILES string of the molecule is CCCCN1C(=S)NC(c2ccccn2)C1c1cc(C)n(-c2cc([N+](=O)[O-])ccc2OC)c1C. The third-order valence-corrected chi connectivity index (χ3v) is 6.71. The number of rotatable bonds is 8. The first-order valence-electron chi connectivity index (χ1n) is 11.4. The minimum absolute atomic E-state index is 0.0181. The van der Waals surface area contributed by atoms with Gasteiger partial charge < -0.3 is 19.5 Å². The quantitative estimate of drug-likeness (QED) is 0.271. The molecule has 0 amide bonds. The Morgan fingerprint density at radius 3 is 2.68 bits per heavy atom. The number of nitro benzene ring substituents is 1. The molecule has 1 aromatic carbocycles. The smallest absolute Gasteiger partial charge is 0.271 e. The number of nitrogens with zero attached hydrogens (tertiary/aromatic N) is 4. The molecule has 2 atom stereocenters. The highest BCUT2D eigenvalue weighted by Gasteiger charge is 2.41. The fraction of sp³-hybridized carbons (Fsp3) is 0.360. The van der Waals surface area contributed by atoms with E-state index in [0.29, 0.717) is 16.5 Å². The molecule has 0 saturated carbocycles. The second-order valence-electron chi connectivity index (χ2n) is 8.45. The van der Waals surface area contributed by atoms with Crippen LogP contribution in [-0.4, -0.2) is 38.1 Å². The lowest BCUT2D eigenvalue weighted by atomic mass is 9.96. The van der Waals surface area contributed by atoms with Crippen LogP contribution in [-0.2, 0) is 0 Å². The van der Waals surface area contributed by atoms with E-state index >= 15 is 0 Å². The summed E-state index contributed by atoms with van der Waals surface area (Å²) in [6, 6.07) is 12.5. The predicted octanol–water partition coefficient (Wildman–Crippen LogP) is 5.18. The summed E-state index contributed by atoms with van der Waals surface area (Å²) in [5, 5.41) is 15.7. The maximum absolute atomic E-state index is 11.5.